The molecule has 0 saturated heterocycles. The van der Waals surface area contributed by atoms with Crippen molar-refractivity contribution in [2.75, 3.05) is 18.4 Å². The Labute approximate surface area is 109 Å². The molecule has 0 bridgehead atoms. The lowest BCUT2D eigenvalue weighted by Gasteiger charge is -2.11. The maximum absolute atomic E-state index is 3.52. The van der Waals surface area contributed by atoms with Crippen LogP contribution in [0.3, 0.4) is 0 Å². The largest absolute Gasteiger partial charge is 0.384 e. The first-order chi connectivity index (χ1) is 8.77. The molecule has 0 radical (unpaired) electrons. The third-order valence-electron chi connectivity index (χ3n) is 3.01. The fraction of sp³-hybridized carbons (Fsp3) is 0.375. The molecule has 2 N–H and O–H groups in total. The summed E-state index contributed by atoms with van der Waals surface area (Å²) in [4.78, 5) is 0. The van der Waals surface area contributed by atoms with Gasteiger partial charge in [-0.1, -0.05) is 50.2 Å². The summed E-state index contributed by atoms with van der Waals surface area (Å²) < 4.78 is 0. The lowest BCUT2D eigenvalue weighted by atomic mass is 10.1. The fourth-order valence-electron chi connectivity index (χ4n) is 2.08. The molecule has 0 saturated carbocycles. The van der Waals surface area contributed by atoms with Crippen molar-refractivity contribution in [3.05, 3.63) is 42.5 Å². The zero-order valence-corrected chi connectivity index (χ0v) is 11.2. The van der Waals surface area contributed by atoms with E-state index >= 15 is 0 Å². The molecule has 2 nitrogen and oxygen atoms in total. The molecule has 0 amide bonds. The normalized spacial score (nSPS) is 11.1. The Hall–Kier alpha value is -1.54. The number of hydrogen-bond donors (Lipinski definition) is 2. The lowest BCUT2D eigenvalue weighted by molar-refractivity contribution is 0.578. The predicted molar refractivity (Wildman–Crippen MR) is 80.2 cm³/mol. The smallest absolute Gasteiger partial charge is 0.0419 e. The molecule has 2 aromatic carbocycles. The molecule has 0 aromatic heterocycles. The summed E-state index contributed by atoms with van der Waals surface area (Å²) in [6.07, 6.45) is 1.14. The molecule has 18 heavy (non-hydrogen) atoms. The molecule has 0 unspecified atom stereocenters. The second-order valence-corrected chi connectivity index (χ2v) is 4.92. The molecule has 0 spiro atoms. The summed E-state index contributed by atoms with van der Waals surface area (Å²) in [5.74, 6) is 0. The van der Waals surface area contributed by atoms with E-state index in [4.69, 9.17) is 0 Å². The molecule has 0 fully saturated rings. The van der Waals surface area contributed by atoms with Gasteiger partial charge in [-0.05, 0) is 24.4 Å². The van der Waals surface area contributed by atoms with Crippen LogP contribution in [0.15, 0.2) is 42.5 Å². The maximum Gasteiger partial charge on any atom is 0.0419 e. The van der Waals surface area contributed by atoms with E-state index < -0.39 is 0 Å². The van der Waals surface area contributed by atoms with Gasteiger partial charge in [0.1, 0.15) is 0 Å². The van der Waals surface area contributed by atoms with Gasteiger partial charge in [-0.25, -0.2) is 0 Å². The first-order valence-corrected chi connectivity index (χ1v) is 6.72. The van der Waals surface area contributed by atoms with E-state index in [0.717, 1.165) is 19.5 Å². The van der Waals surface area contributed by atoms with Crippen LogP contribution < -0.4 is 10.6 Å². The van der Waals surface area contributed by atoms with Crippen molar-refractivity contribution in [1.82, 2.24) is 5.32 Å². The Kier molecular flexibility index (Phi) is 4.59. The number of benzene rings is 2. The highest BCUT2D eigenvalue weighted by Crippen LogP contribution is 2.22. The van der Waals surface area contributed by atoms with Crippen molar-refractivity contribution >= 4 is 16.5 Å². The molecular weight excluding hydrogens is 220 g/mol. The van der Waals surface area contributed by atoms with Gasteiger partial charge in [-0.3, -0.25) is 0 Å². The summed E-state index contributed by atoms with van der Waals surface area (Å²) >= 11 is 0. The summed E-state index contributed by atoms with van der Waals surface area (Å²) in [6, 6.07) is 15.5. The topological polar surface area (TPSA) is 24.1 Å². The van der Waals surface area contributed by atoms with Gasteiger partial charge in [0.2, 0.25) is 0 Å². The standard InChI is InChI=1S/C16H22N2/c1-13(2)17-11-6-12-18-16-10-5-8-14-7-3-4-9-15(14)16/h3-5,7-10,13,17-18H,6,11-12H2,1-2H3. The van der Waals surface area contributed by atoms with Gasteiger partial charge in [0, 0.05) is 23.7 Å². The van der Waals surface area contributed by atoms with Crippen molar-refractivity contribution in [3.8, 4) is 0 Å². The van der Waals surface area contributed by atoms with Gasteiger partial charge >= 0.3 is 0 Å². The Morgan fingerprint density at radius 3 is 2.56 bits per heavy atom. The zero-order valence-electron chi connectivity index (χ0n) is 11.2. The minimum Gasteiger partial charge on any atom is -0.384 e. The van der Waals surface area contributed by atoms with Crippen LogP contribution in [0.1, 0.15) is 20.3 Å². The highest BCUT2D eigenvalue weighted by Gasteiger charge is 1.99. The summed E-state index contributed by atoms with van der Waals surface area (Å²) in [6.45, 7) is 6.43. The summed E-state index contributed by atoms with van der Waals surface area (Å²) in [5.41, 5.74) is 1.23. The van der Waals surface area contributed by atoms with Crippen LogP contribution in [0, 0.1) is 0 Å². The van der Waals surface area contributed by atoms with E-state index in [-0.39, 0.29) is 0 Å². The minimum absolute atomic E-state index is 0.572. The van der Waals surface area contributed by atoms with Crippen LogP contribution in [0.4, 0.5) is 5.69 Å². The SMILES string of the molecule is CC(C)NCCCNc1cccc2ccccc12. The molecule has 0 aliphatic rings. The second kappa shape index (κ2) is 6.41. The highest BCUT2D eigenvalue weighted by molar-refractivity contribution is 5.93. The number of fused-ring (bicyclic) bond motifs is 1. The molecule has 0 aliphatic carbocycles. The second-order valence-electron chi connectivity index (χ2n) is 4.92. The summed E-state index contributed by atoms with van der Waals surface area (Å²) in [5, 5.41) is 9.55. The van der Waals surface area contributed by atoms with Crippen LogP contribution in [0.25, 0.3) is 10.8 Å². The Balaban J connectivity index is 1.91. The first kappa shape index (κ1) is 12.9. The van der Waals surface area contributed by atoms with Gasteiger partial charge in [-0.15, -0.1) is 0 Å². The van der Waals surface area contributed by atoms with Gasteiger partial charge < -0.3 is 10.6 Å². The Morgan fingerprint density at radius 1 is 0.944 bits per heavy atom. The quantitative estimate of drug-likeness (QED) is 0.756. The van der Waals surface area contributed by atoms with Crippen molar-refractivity contribution in [1.29, 1.82) is 0 Å². The number of anilines is 1. The zero-order chi connectivity index (χ0) is 12.8. The van der Waals surface area contributed by atoms with Crippen LogP contribution in [0.5, 0.6) is 0 Å². The predicted octanol–water partition coefficient (Wildman–Crippen LogP) is 3.64. The number of hydrogen-bond acceptors (Lipinski definition) is 2. The van der Waals surface area contributed by atoms with Crippen molar-refractivity contribution in [2.24, 2.45) is 0 Å². The van der Waals surface area contributed by atoms with Crippen molar-refractivity contribution < 1.29 is 0 Å². The molecule has 2 aromatic rings. The monoisotopic (exact) mass is 242 g/mol. The van der Waals surface area contributed by atoms with Crippen molar-refractivity contribution in [2.45, 2.75) is 26.3 Å². The maximum atomic E-state index is 3.52. The molecule has 2 heteroatoms. The molecule has 2 rings (SSSR count). The van der Waals surface area contributed by atoms with Crippen LogP contribution in [0.2, 0.25) is 0 Å². The molecule has 96 valence electrons. The van der Waals surface area contributed by atoms with Gasteiger partial charge in [0.05, 0.1) is 0 Å². The summed E-state index contributed by atoms with van der Waals surface area (Å²) in [7, 11) is 0. The number of rotatable bonds is 6. The average molecular weight is 242 g/mol. The molecule has 0 aliphatic heterocycles. The van der Waals surface area contributed by atoms with E-state index in [2.05, 4.69) is 66.9 Å². The van der Waals surface area contributed by atoms with Crippen LogP contribution in [-0.4, -0.2) is 19.1 Å². The van der Waals surface area contributed by atoms with Gasteiger partial charge in [-0.2, -0.15) is 0 Å². The third-order valence-corrected chi connectivity index (χ3v) is 3.01. The molecule has 0 heterocycles. The molecular formula is C16H22N2. The third kappa shape index (κ3) is 3.47. The number of nitrogens with one attached hydrogen (secondary N) is 2. The van der Waals surface area contributed by atoms with E-state index in [0.29, 0.717) is 6.04 Å². The van der Waals surface area contributed by atoms with Gasteiger partial charge in [0.25, 0.3) is 0 Å². The van der Waals surface area contributed by atoms with Crippen molar-refractivity contribution in [3.63, 3.8) is 0 Å². The van der Waals surface area contributed by atoms with E-state index in [1.165, 1.54) is 16.5 Å². The highest BCUT2D eigenvalue weighted by atomic mass is 14.9. The first-order valence-electron chi connectivity index (χ1n) is 6.72. The fourth-order valence-corrected chi connectivity index (χ4v) is 2.08. The van der Waals surface area contributed by atoms with Crippen LogP contribution in [-0.2, 0) is 0 Å². The van der Waals surface area contributed by atoms with E-state index in [9.17, 15) is 0 Å². The Bertz CT molecular complexity index is 486. The van der Waals surface area contributed by atoms with E-state index in [1.54, 1.807) is 0 Å². The molecule has 0 atom stereocenters. The minimum atomic E-state index is 0.572. The van der Waals surface area contributed by atoms with E-state index in [1.807, 2.05) is 0 Å². The lowest BCUT2D eigenvalue weighted by Crippen LogP contribution is -2.25. The van der Waals surface area contributed by atoms with Gasteiger partial charge in [0.15, 0.2) is 0 Å². The average Bonchev–Trinajstić information content (AvgIpc) is 2.38. The Morgan fingerprint density at radius 2 is 1.72 bits per heavy atom. The van der Waals surface area contributed by atoms with Crippen LogP contribution >= 0.6 is 0 Å².